The van der Waals surface area contributed by atoms with Crippen LogP contribution in [0, 0.1) is 3.57 Å². The topological polar surface area (TPSA) is 38.3 Å². The van der Waals surface area contributed by atoms with Gasteiger partial charge in [0, 0.05) is 9.26 Å². The first-order chi connectivity index (χ1) is 6.63. The second-order valence-electron chi connectivity index (χ2n) is 2.90. The number of benzene rings is 1. The Morgan fingerprint density at radius 2 is 1.93 bits per heavy atom. The molecular formula is C10H13ClINO2. The third-order valence-corrected chi connectivity index (χ3v) is 2.50. The zero-order valence-corrected chi connectivity index (χ0v) is 11.5. The lowest BCUT2D eigenvalue weighted by molar-refractivity contribution is -0.141. The van der Waals surface area contributed by atoms with Crippen LogP contribution in [0.2, 0.25) is 0 Å². The summed E-state index contributed by atoms with van der Waals surface area (Å²) in [6, 6.07) is 7.50. The summed E-state index contributed by atoms with van der Waals surface area (Å²) in [5, 5.41) is 3.04. The summed E-state index contributed by atoms with van der Waals surface area (Å²) < 4.78 is 5.77. The number of methoxy groups -OCH3 is 1. The number of anilines is 1. The molecule has 0 saturated heterocycles. The molecule has 0 bridgehead atoms. The van der Waals surface area contributed by atoms with E-state index in [2.05, 4.69) is 32.6 Å². The number of carbonyl (C=O) groups excluding carboxylic acids is 1. The zero-order chi connectivity index (χ0) is 10.6. The van der Waals surface area contributed by atoms with Gasteiger partial charge in [-0.15, -0.1) is 12.4 Å². The predicted molar refractivity (Wildman–Crippen MR) is 71.5 cm³/mol. The molecule has 84 valence electrons. The van der Waals surface area contributed by atoms with E-state index in [9.17, 15) is 4.79 Å². The highest BCUT2D eigenvalue weighted by molar-refractivity contribution is 14.1. The second kappa shape index (κ2) is 6.90. The predicted octanol–water partition coefficient (Wildman–Crippen LogP) is 2.69. The van der Waals surface area contributed by atoms with E-state index in [-0.39, 0.29) is 24.4 Å². The molecule has 1 unspecified atom stereocenters. The van der Waals surface area contributed by atoms with Crippen LogP contribution in [-0.2, 0) is 9.53 Å². The molecule has 15 heavy (non-hydrogen) atoms. The molecule has 0 amide bonds. The summed E-state index contributed by atoms with van der Waals surface area (Å²) in [7, 11) is 1.38. The molecule has 1 aromatic carbocycles. The minimum atomic E-state index is -0.319. The molecule has 0 heterocycles. The van der Waals surface area contributed by atoms with Crippen molar-refractivity contribution in [1.82, 2.24) is 0 Å². The molecule has 0 radical (unpaired) electrons. The van der Waals surface area contributed by atoms with E-state index in [1.54, 1.807) is 6.92 Å². The third-order valence-electron chi connectivity index (χ3n) is 1.78. The van der Waals surface area contributed by atoms with E-state index in [0.29, 0.717) is 0 Å². The Morgan fingerprint density at radius 3 is 2.40 bits per heavy atom. The van der Waals surface area contributed by atoms with E-state index >= 15 is 0 Å². The molecule has 1 aromatic rings. The van der Waals surface area contributed by atoms with E-state index in [0.717, 1.165) is 5.69 Å². The van der Waals surface area contributed by atoms with Crippen LogP contribution in [0.1, 0.15) is 6.92 Å². The lowest BCUT2D eigenvalue weighted by atomic mass is 10.3. The summed E-state index contributed by atoms with van der Waals surface area (Å²) in [6.07, 6.45) is 0. The molecule has 0 aliphatic carbocycles. The molecule has 0 saturated carbocycles. The van der Waals surface area contributed by atoms with Gasteiger partial charge in [0.05, 0.1) is 7.11 Å². The summed E-state index contributed by atoms with van der Waals surface area (Å²) in [5.74, 6) is -0.261. The van der Waals surface area contributed by atoms with E-state index in [1.807, 2.05) is 24.3 Å². The van der Waals surface area contributed by atoms with Gasteiger partial charge in [-0.2, -0.15) is 0 Å². The first-order valence-corrected chi connectivity index (χ1v) is 5.31. The molecule has 0 aromatic heterocycles. The van der Waals surface area contributed by atoms with Crippen molar-refractivity contribution in [3.63, 3.8) is 0 Å². The molecule has 0 aliphatic rings. The number of ether oxygens (including phenoxy) is 1. The fourth-order valence-corrected chi connectivity index (χ4v) is 1.39. The highest BCUT2D eigenvalue weighted by atomic mass is 127. The fourth-order valence-electron chi connectivity index (χ4n) is 1.03. The SMILES string of the molecule is COC(=O)C(C)Nc1ccc(I)cc1.Cl. The number of hydrogen-bond acceptors (Lipinski definition) is 3. The van der Waals surface area contributed by atoms with Crippen molar-refractivity contribution >= 4 is 46.7 Å². The Balaban J connectivity index is 0.00000196. The largest absolute Gasteiger partial charge is 0.467 e. The molecule has 0 fully saturated rings. The number of esters is 1. The van der Waals surface area contributed by atoms with Crippen LogP contribution in [0.3, 0.4) is 0 Å². The van der Waals surface area contributed by atoms with Gasteiger partial charge in [0.2, 0.25) is 0 Å². The quantitative estimate of drug-likeness (QED) is 0.678. The summed E-state index contributed by atoms with van der Waals surface area (Å²) in [5.41, 5.74) is 0.920. The lowest BCUT2D eigenvalue weighted by Gasteiger charge is -2.12. The molecule has 1 N–H and O–H groups in total. The van der Waals surface area contributed by atoms with Crippen molar-refractivity contribution < 1.29 is 9.53 Å². The van der Waals surface area contributed by atoms with Crippen LogP contribution >= 0.6 is 35.0 Å². The third kappa shape index (κ3) is 4.70. The van der Waals surface area contributed by atoms with E-state index in [1.165, 1.54) is 10.7 Å². The van der Waals surface area contributed by atoms with Gasteiger partial charge in [-0.3, -0.25) is 0 Å². The number of nitrogens with one attached hydrogen (secondary N) is 1. The maximum absolute atomic E-state index is 11.1. The number of hydrogen-bond donors (Lipinski definition) is 1. The number of rotatable bonds is 3. The van der Waals surface area contributed by atoms with Crippen molar-refractivity contribution in [1.29, 1.82) is 0 Å². The molecular weight excluding hydrogens is 328 g/mol. The minimum absolute atomic E-state index is 0. The van der Waals surface area contributed by atoms with Gasteiger partial charge in [-0.05, 0) is 53.8 Å². The Bertz CT molecular complexity index is 316. The van der Waals surface area contributed by atoms with Crippen LogP contribution < -0.4 is 5.32 Å². The number of carbonyl (C=O) groups is 1. The Morgan fingerprint density at radius 1 is 1.40 bits per heavy atom. The second-order valence-corrected chi connectivity index (χ2v) is 4.14. The van der Waals surface area contributed by atoms with Crippen LogP contribution in [0.4, 0.5) is 5.69 Å². The molecule has 0 aliphatic heterocycles. The van der Waals surface area contributed by atoms with E-state index in [4.69, 9.17) is 0 Å². The number of halogens is 2. The van der Waals surface area contributed by atoms with Crippen molar-refractivity contribution in [3.8, 4) is 0 Å². The minimum Gasteiger partial charge on any atom is -0.467 e. The smallest absolute Gasteiger partial charge is 0.327 e. The fraction of sp³-hybridized carbons (Fsp3) is 0.300. The van der Waals surface area contributed by atoms with Crippen molar-refractivity contribution in [2.45, 2.75) is 13.0 Å². The summed E-state index contributed by atoms with van der Waals surface area (Å²) in [6.45, 7) is 1.77. The summed E-state index contributed by atoms with van der Waals surface area (Å²) >= 11 is 2.23. The lowest BCUT2D eigenvalue weighted by Crippen LogP contribution is -2.27. The molecule has 3 nitrogen and oxygen atoms in total. The van der Waals surface area contributed by atoms with Crippen LogP contribution in [0.15, 0.2) is 24.3 Å². The van der Waals surface area contributed by atoms with Gasteiger partial charge in [0.15, 0.2) is 0 Å². The highest BCUT2D eigenvalue weighted by Crippen LogP contribution is 2.12. The van der Waals surface area contributed by atoms with Crippen LogP contribution in [0.25, 0.3) is 0 Å². The van der Waals surface area contributed by atoms with Crippen molar-refractivity contribution in [2.75, 3.05) is 12.4 Å². The monoisotopic (exact) mass is 341 g/mol. The van der Waals surface area contributed by atoms with Gasteiger partial charge >= 0.3 is 5.97 Å². The Labute approximate surface area is 109 Å². The molecule has 1 atom stereocenters. The maximum Gasteiger partial charge on any atom is 0.327 e. The van der Waals surface area contributed by atoms with Crippen molar-refractivity contribution in [3.05, 3.63) is 27.8 Å². The van der Waals surface area contributed by atoms with Gasteiger partial charge in [-0.1, -0.05) is 0 Å². The highest BCUT2D eigenvalue weighted by Gasteiger charge is 2.11. The summed E-state index contributed by atoms with van der Waals surface area (Å²) in [4.78, 5) is 11.1. The average molecular weight is 342 g/mol. The van der Waals surface area contributed by atoms with Crippen molar-refractivity contribution in [2.24, 2.45) is 0 Å². The normalized spacial score (nSPS) is 11.1. The molecule has 5 heteroatoms. The Hall–Kier alpha value is -0.490. The maximum atomic E-state index is 11.1. The van der Waals surface area contributed by atoms with Crippen LogP contribution in [-0.4, -0.2) is 19.1 Å². The van der Waals surface area contributed by atoms with Gasteiger partial charge in [0.25, 0.3) is 0 Å². The van der Waals surface area contributed by atoms with E-state index < -0.39 is 0 Å². The average Bonchev–Trinajstić information content (AvgIpc) is 2.20. The zero-order valence-electron chi connectivity index (χ0n) is 8.49. The van der Waals surface area contributed by atoms with Gasteiger partial charge < -0.3 is 10.1 Å². The molecule has 0 spiro atoms. The first kappa shape index (κ1) is 14.5. The van der Waals surface area contributed by atoms with Crippen LogP contribution in [0.5, 0.6) is 0 Å². The standard InChI is InChI=1S/C10H12INO2.ClH/c1-7(10(13)14-2)12-9-5-3-8(11)4-6-9;/h3-7,12H,1-2H3;1H. The molecule has 1 rings (SSSR count). The Kier molecular flexibility index (Phi) is 6.67. The first-order valence-electron chi connectivity index (χ1n) is 4.23. The van der Waals surface area contributed by atoms with Gasteiger partial charge in [0.1, 0.15) is 6.04 Å². The van der Waals surface area contributed by atoms with Gasteiger partial charge in [-0.25, -0.2) is 4.79 Å².